The quantitative estimate of drug-likeness (QED) is 0.461. The summed E-state index contributed by atoms with van der Waals surface area (Å²) in [5, 5.41) is 11.2. The van der Waals surface area contributed by atoms with Gasteiger partial charge >= 0.3 is 5.97 Å². The molecule has 0 aliphatic carbocycles. The predicted molar refractivity (Wildman–Crippen MR) is 142 cm³/mol. The Kier molecular flexibility index (Phi) is 7.85. The van der Waals surface area contributed by atoms with Crippen molar-refractivity contribution in [1.82, 2.24) is 9.03 Å². The van der Waals surface area contributed by atoms with Crippen LogP contribution in [0, 0.1) is 11.8 Å². The number of piperidine rings is 1. The molecule has 1 heterocycles. The highest BCUT2D eigenvalue weighted by Gasteiger charge is 2.40. The van der Waals surface area contributed by atoms with Gasteiger partial charge in [-0.15, -0.1) is 0 Å². The lowest BCUT2D eigenvalue weighted by molar-refractivity contribution is -0.138. The zero-order valence-electron chi connectivity index (χ0n) is 21.0. The van der Waals surface area contributed by atoms with Crippen molar-refractivity contribution in [2.75, 3.05) is 27.3 Å². The fourth-order valence-electron chi connectivity index (χ4n) is 4.48. The average Bonchev–Trinajstić information content (AvgIpc) is 2.91. The van der Waals surface area contributed by atoms with E-state index in [0.717, 1.165) is 33.2 Å². The highest BCUT2D eigenvalue weighted by molar-refractivity contribution is 7.87. The minimum Gasteiger partial charge on any atom is -0.497 e. The van der Waals surface area contributed by atoms with Crippen LogP contribution in [0.4, 0.5) is 0 Å². The number of carboxylic acid groups (broad SMARTS) is 1. The van der Waals surface area contributed by atoms with E-state index >= 15 is 0 Å². The first-order valence-electron chi connectivity index (χ1n) is 11.9. The molecule has 0 radical (unpaired) electrons. The number of hydrogen-bond donors (Lipinski definition) is 2. The second-order valence-electron chi connectivity index (χ2n) is 9.04. The van der Waals surface area contributed by atoms with Crippen molar-refractivity contribution in [2.45, 2.75) is 31.4 Å². The zero-order chi connectivity index (χ0) is 26.6. The number of carbonyl (C=O) groups is 1. The van der Waals surface area contributed by atoms with Crippen LogP contribution in [-0.2, 0) is 25.3 Å². The Morgan fingerprint density at radius 1 is 0.973 bits per heavy atom. The Hall–Kier alpha value is -3.42. The maximum atomic E-state index is 12.6. The monoisotopic (exact) mass is 522 g/mol. The van der Waals surface area contributed by atoms with Crippen molar-refractivity contribution in [3.63, 3.8) is 0 Å². The molecular weight excluding hydrogens is 492 g/mol. The van der Waals surface area contributed by atoms with Crippen LogP contribution in [-0.4, -0.2) is 57.1 Å². The maximum Gasteiger partial charge on any atom is 0.321 e. The van der Waals surface area contributed by atoms with Crippen LogP contribution >= 0.6 is 0 Å². The molecule has 0 saturated carbocycles. The fourth-order valence-corrected chi connectivity index (χ4v) is 5.84. The molecule has 1 atom stereocenters. The van der Waals surface area contributed by atoms with Gasteiger partial charge in [-0.1, -0.05) is 36.1 Å². The van der Waals surface area contributed by atoms with E-state index in [4.69, 9.17) is 14.6 Å². The van der Waals surface area contributed by atoms with Crippen LogP contribution in [0.15, 0.2) is 60.7 Å². The van der Waals surface area contributed by atoms with Crippen molar-refractivity contribution < 1.29 is 27.8 Å². The second kappa shape index (κ2) is 10.9. The molecule has 3 aromatic rings. The van der Waals surface area contributed by atoms with Gasteiger partial charge < -0.3 is 14.6 Å². The molecule has 1 aliphatic heterocycles. The van der Waals surface area contributed by atoms with Crippen molar-refractivity contribution in [3.05, 3.63) is 77.4 Å². The van der Waals surface area contributed by atoms with E-state index in [1.165, 1.54) is 11.2 Å². The number of carboxylic acids is 1. The molecule has 0 aromatic heterocycles. The molecule has 194 valence electrons. The lowest BCUT2D eigenvalue weighted by Gasteiger charge is -2.40. The topological polar surface area (TPSA) is 105 Å². The molecule has 0 bridgehead atoms. The third-order valence-corrected chi connectivity index (χ3v) is 8.46. The van der Waals surface area contributed by atoms with Gasteiger partial charge in [0, 0.05) is 31.3 Å². The minimum atomic E-state index is -3.90. The summed E-state index contributed by atoms with van der Waals surface area (Å²) in [6.45, 7) is 1.72. The Morgan fingerprint density at radius 3 is 2.19 bits per heavy atom. The third-order valence-electron chi connectivity index (χ3n) is 6.77. The molecule has 0 amide bonds. The lowest BCUT2D eigenvalue weighted by atomic mass is 9.84. The Labute approximate surface area is 217 Å². The van der Waals surface area contributed by atoms with Gasteiger partial charge in [-0.25, -0.2) is 0 Å². The molecule has 3 aromatic carbocycles. The SMILES string of the molecule is COc1ccc2cc(C#Cc3ccc(C4(OC)CCN(S(=O)(=O)N[C@H](C)C(=O)O)CC4)cc3)ccc2c1. The predicted octanol–water partition coefficient (Wildman–Crippen LogP) is 3.49. The Bertz CT molecular complexity index is 1450. The molecule has 1 saturated heterocycles. The van der Waals surface area contributed by atoms with Gasteiger partial charge in [-0.2, -0.15) is 17.4 Å². The van der Waals surface area contributed by atoms with Crippen molar-refractivity contribution in [1.29, 1.82) is 0 Å². The summed E-state index contributed by atoms with van der Waals surface area (Å²) in [5.41, 5.74) is 2.09. The molecule has 2 N–H and O–H groups in total. The number of ether oxygens (including phenoxy) is 2. The first kappa shape index (κ1) is 26.6. The normalized spacial score (nSPS) is 16.5. The van der Waals surface area contributed by atoms with E-state index in [1.807, 2.05) is 60.7 Å². The average molecular weight is 523 g/mol. The van der Waals surface area contributed by atoms with Crippen LogP contribution in [0.5, 0.6) is 5.75 Å². The number of methoxy groups -OCH3 is 2. The van der Waals surface area contributed by atoms with E-state index in [2.05, 4.69) is 16.6 Å². The van der Waals surface area contributed by atoms with Crippen LogP contribution in [0.2, 0.25) is 0 Å². The zero-order valence-corrected chi connectivity index (χ0v) is 21.8. The highest BCUT2D eigenvalue weighted by Crippen LogP contribution is 2.37. The molecule has 0 spiro atoms. The van der Waals surface area contributed by atoms with Crippen molar-refractivity contribution in [2.24, 2.45) is 0 Å². The number of nitrogens with one attached hydrogen (secondary N) is 1. The largest absolute Gasteiger partial charge is 0.497 e. The Morgan fingerprint density at radius 2 is 1.57 bits per heavy atom. The van der Waals surface area contributed by atoms with E-state index in [9.17, 15) is 13.2 Å². The van der Waals surface area contributed by atoms with Crippen LogP contribution < -0.4 is 9.46 Å². The van der Waals surface area contributed by atoms with Gasteiger partial charge in [0.2, 0.25) is 0 Å². The number of aliphatic carboxylic acids is 1. The van der Waals surface area contributed by atoms with Gasteiger partial charge in [0.15, 0.2) is 0 Å². The van der Waals surface area contributed by atoms with Crippen LogP contribution in [0.3, 0.4) is 0 Å². The summed E-state index contributed by atoms with van der Waals surface area (Å²) < 4.78 is 39.8. The minimum absolute atomic E-state index is 0.213. The molecule has 9 heteroatoms. The van der Waals surface area contributed by atoms with Gasteiger partial charge in [0.25, 0.3) is 10.2 Å². The maximum absolute atomic E-state index is 12.6. The summed E-state index contributed by atoms with van der Waals surface area (Å²) in [7, 11) is -0.631. The number of nitrogens with zero attached hydrogens (tertiary/aromatic N) is 1. The molecular formula is C28H30N2O6S. The standard InChI is InChI=1S/C28H30N2O6S/c1-20(27(31)32)29-37(33,34)30-16-14-28(36-3,15-17-30)25-11-7-21(8-12-25)4-5-22-6-9-24-19-26(35-2)13-10-23(24)18-22/h6-13,18-20,29H,14-17H2,1-3H3,(H,31,32)/t20-/m1/s1. The van der Waals surface area contributed by atoms with E-state index in [-0.39, 0.29) is 13.1 Å². The van der Waals surface area contributed by atoms with Crippen molar-refractivity contribution in [3.8, 4) is 17.6 Å². The number of rotatable bonds is 7. The molecule has 0 unspecified atom stereocenters. The van der Waals surface area contributed by atoms with E-state index < -0.39 is 27.8 Å². The van der Waals surface area contributed by atoms with Gasteiger partial charge in [-0.05, 0) is 72.5 Å². The molecule has 1 fully saturated rings. The van der Waals surface area contributed by atoms with Gasteiger partial charge in [0.05, 0.1) is 12.7 Å². The summed E-state index contributed by atoms with van der Waals surface area (Å²) in [5.74, 6) is 6.01. The summed E-state index contributed by atoms with van der Waals surface area (Å²) in [6, 6.07) is 18.6. The van der Waals surface area contributed by atoms with Gasteiger partial charge in [0.1, 0.15) is 11.8 Å². The first-order chi connectivity index (χ1) is 17.7. The number of fused-ring (bicyclic) bond motifs is 1. The summed E-state index contributed by atoms with van der Waals surface area (Å²) >= 11 is 0. The number of hydrogen-bond acceptors (Lipinski definition) is 5. The molecule has 1 aliphatic rings. The lowest BCUT2D eigenvalue weighted by Crippen LogP contribution is -2.52. The van der Waals surface area contributed by atoms with Gasteiger partial charge in [-0.3, -0.25) is 4.79 Å². The van der Waals surface area contributed by atoms with E-state index in [0.29, 0.717) is 12.8 Å². The molecule has 37 heavy (non-hydrogen) atoms. The van der Waals surface area contributed by atoms with E-state index in [1.54, 1.807) is 14.2 Å². The first-order valence-corrected chi connectivity index (χ1v) is 13.4. The summed E-state index contributed by atoms with van der Waals surface area (Å²) in [6.07, 6.45) is 0.886. The number of benzene rings is 3. The fraction of sp³-hybridized carbons (Fsp3) is 0.321. The van der Waals surface area contributed by atoms with Crippen molar-refractivity contribution >= 4 is 27.0 Å². The van der Waals surface area contributed by atoms with Crippen LogP contribution in [0.1, 0.15) is 36.5 Å². The molecule has 4 rings (SSSR count). The third kappa shape index (κ3) is 5.95. The molecule has 8 nitrogen and oxygen atoms in total. The van der Waals surface area contributed by atoms with Crippen LogP contribution in [0.25, 0.3) is 10.8 Å². The highest BCUT2D eigenvalue weighted by atomic mass is 32.2. The second-order valence-corrected chi connectivity index (χ2v) is 10.7. The Balaban J connectivity index is 1.45. The summed E-state index contributed by atoms with van der Waals surface area (Å²) in [4.78, 5) is 11.0. The smallest absolute Gasteiger partial charge is 0.321 e.